The topological polar surface area (TPSA) is 24.5 Å². The minimum atomic E-state index is 0.372. The molecule has 0 aromatic rings. The van der Waals surface area contributed by atoms with Crippen LogP contribution < -0.4 is 5.32 Å². The lowest BCUT2D eigenvalue weighted by molar-refractivity contribution is 0.0299. The standard InChI is InChI=1S/C17H38N2O/c1-14(2)13-18-10-8-9-17(7)20-12-11-19(15(3)4)16(5)6/h14-18H,8-13H2,1-7H3. The molecule has 1 unspecified atom stereocenters. The maximum absolute atomic E-state index is 5.93. The van der Waals surface area contributed by atoms with Gasteiger partial charge in [-0.25, -0.2) is 0 Å². The van der Waals surface area contributed by atoms with Crippen molar-refractivity contribution in [1.82, 2.24) is 10.2 Å². The van der Waals surface area contributed by atoms with Gasteiger partial charge in [0.25, 0.3) is 0 Å². The van der Waals surface area contributed by atoms with Gasteiger partial charge in [0.05, 0.1) is 12.7 Å². The van der Waals surface area contributed by atoms with Crippen LogP contribution in [0.25, 0.3) is 0 Å². The van der Waals surface area contributed by atoms with Crippen LogP contribution in [0.1, 0.15) is 61.3 Å². The van der Waals surface area contributed by atoms with Gasteiger partial charge in [-0.2, -0.15) is 0 Å². The van der Waals surface area contributed by atoms with Gasteiger partial charge in [0.15, 0.2) is 0 Å². The number of ether oxygens (including phenoxy) is 1. The number of nitrogens with one attached hydrogen (secondary N) is 1. The molecule has 0 aromatic heterocycles. The highest BCUT2D eigenvalue weighted by atomic mass is 16.5. The highest BCUT2D eigenvalue weighted by molar-refractivity contribution is 4.67. The van der Waals surface area contributed by atoms with Gasteiger partial charge in [-0.3, -0.25) is 4.90 Å². The molecule has 0 saturated carbocycles. The van der Waals surface area contributed by atoms with Gasteiger partial charge >= 0.3 is 0 Å². The molecule has 0 fully saturated rings. The van der Waals surface area contributed by atoms with E-state index in [0.717, 1.165) is 38.6 Å². The maximum Gasteiger partial charge on any atom is 0.0597 e. The van der Waals surface area contributed by atoms with Crippen molar-refractivity contribution < 1.29 is 4.74 Å². The zero-order valence-corrected chi connectivity index (χ0v) is 14.9. The normalized spacial score (nSPS) is 13.9. The van der Waals surface area contributed by atoms with E-state index in [1.54, 1.807) is 0 Å². The molecule has 0 radical (unpaired) electrons. The summed E-state index contributed by atoms with van der Waals surface area (Å²) in [7, 11) is 0. The first-order chi connectivity index (χ1) is 9.34. The Morgan fingerprint density at radius 3 is 2.05 bits per heavy atom. The molecule has 3 heteroatoms. The summed E-state index contributed by atoms with van der Waals surface area (Å²) < 4.78 is 5.93. The van der Waals surface area contributed by atoms with Gasteiger partial charge in [-0.1, -0.05) is 13.8 Å². The van der Waals surface area contributed by atoms with Gasteiger partial charge in [-0.15, -0.1) is 0 Å². The van der Waals surface area contributed by atoms with Crippen LogP contribution in [-0.2, 0) is 4.74 Å². The molecule has 3 nitrogen and oxygen atoms in total. The molecule has 0 aliphatic rings. The molecule has 0 saturated heterocycles. The summed E-state index contributed by atoms with van der Waals surface area (Å²) in [6, 6.07) is 1.18. The SMILES string of the molecule is CC(C)CNCCCC(C)OCCN(C(C)C)C(C)C. The van der Waals surface area contributed by atoms with Crippen LogP contribution >= 0.6 is 0 Å². The fraction of sp³-hybridized carbons (Fsp3) is 1.00. The Bertz CT molecular complexity index is 209. The van der Waals surface area contributed by atoms with Crippen LogP contribution in [0.4, 0.5) is 0 Å². The Morgan fingerprint density at radius 2 is 1.55 bits per heavy atom. The molecule has 0 rings (SSSR count). The van der Waals surface area contributed by atoms with E-state index in [-0.39, 0.29) is 0 Å². The first kappa shape index (κ1) is 19.9. The highest BCUT2D eigenvalue weighted by Crippen LogP contribution is 2.06. The number of rotatable bonds is 12. The Kier molecular flexibility index (Phi) is 11.5. The second-order valence-electron chi connectivity index (χ2n) is 6.85. The average molecular weight is 287 g/mol. The van der Waals surface area contributed by atoms with E-state index in [1.165, 1.54) is 6.42 Å². The minimum absolute atomic E-state index is 0.372. The van der Waals surface area contributed by atoms with E-state index < -0.39 is 0 Å². The molecule has 0 bridgehead atoms. The van der Waals surface area contributed by atoms with Crippen molar-refractivity contribution in [2.45, 2.75) is 79.5 Å². The molecule has 1 N–H and O–H groups in total. The summed E-state index contributed by atoms with van der Waals surface area (Å²) in [4.78, 5) is 2.48. The molecule has 0 amide bonds. The zero-order chi connectivity index (χ0) is 15.5. The van der Waals surface area contributed by atoms with E-state index in [0.29, 0.717) is 18.2 Å². The summed E-state index contributed by atoms with van der Waals surface area (Å²) in [5.41, 5.74) is 0. The van der Waals surface area contributed by atoms with Crippen LogP contribution in [0.15, 0.2) is 0 Å². The predicted octanol–water partition coefficient (Wildman–Crippen LogP) is 3.54. The summed E-state index contributed by atoms with van der Waals surface area (Å²) >= 11 is 0. The van der Waals surface area contributed by atoms with E-state index in [9.17, 15) is 0 Å². The van der Waals surface area contributed by atoms with Crippen molar-refractivity contribution in [1.29, 1.82) is 0 Å². The molecule has 20 heavy (non-hydrogen) atoms. The average Bonchev–Trinajstić information content (AvgIpc) is 2.32. The molecule has 0 aliphatic carbocycles. The quantitative estimate of drug-likeness (QED) is 0.555. The summed E-state index contributed by atoms with van der Waals surface area (Å²) in [5.74, 6) is 0.738. The van der Waals surface area contributed by atoms with Crippen LogP contribution in [0.2, 0.25) is 0 Å². The van der Waals surface area contributed by atoms with E-state index in [2.05, 4.69) is 58.7 Å². The molecule has 0 aromatic carbocycles. The predicted molar refractivity (Wildman–Crippen MR) is 89.3 cm³/mol. The maximum atomic E-state index is 5.93. The van der Waals surface area contributed by atoms with Crippen LogP contribution in [0.3, 0.4) is 0 Å². The van der Waals surface area contributed by atoms with Crippen molar-refractivity contribution in [3.63, 3.8) is 0 Å². The number of hydrogen-bond acceptors (Lipinski definition) is 3. The molecule has 0 aliphatic heterocycles. The van der Waals surface area contributed by atoms with E-state index in [1.807, 2.05) is 0 Å². The molecular weight excluding hydrogens is 248 g/mol. The lowest BCUT2D eigenvalue weighted by Crippen LogP contribution is -2.39. The fourth-order valence-corrected chi connectivity index (χ4v) is 2.46. The van der Waals surface area contributed by atoms with Crippen molar-refractivity contribution in [3.05, 3.63) is 0 Å². The Labute approximate surface area is 127 Å². The second-order valence-corrected chi connectivity index (χ2v) is 6.85. The van der Waals surface area contributed by atoms with E-state index in [4.69, 9.17) is 4.74 Å². The lowest BCUT2D eigenvalue weighted by Gasteiger charge is -2.30. The fourth-order valence-electron chi connectivity index (χ4n) is 2.46. The minimum Gasteiger partial charge on any atom is -0.377 e. The van der Waals surface area contributed by atoms with Gasteiger partial charge in [-0.05, 0) is 66.5 Å². The molecule has 122 valence electrons. The largest absolute Gasteiger partial charge is 0.377 e. The molecule has 0 heterocycles. The summed E-state index contributed by atoms with van der Waals surface area (Å²) in [6.45, 7) is 19.8. The van der Waals surface area contributed by atoms with E-state index >= 15 is 0 Å². The first-order valence-electron chi connectivity index (χ1n) is 8.42. The molecule has 0 spiro atoms. The third kappa shape index (κ3) is 10.6. The zero-order valence-electron chi connectivity index (χ0n) is 14.9. The smallest absolute Gasteiger partial charge is 0.0597 e. The first-order valence-corrected chi connectivity index (χ1v) is 8.42. The molecule has 1 atom stereocenters. The van der Waals surface area contributed by atoms with Crippen LogP contribution in [0, 0.1) is 5.92 Å². The Balaban J connectivity index is 3.59. The highest BCUT2D eigenvalue weighted by Gasteiger charge is 2.13. The monoisotopic (exact) mass is 286 g/mol. The van der Waals surface area contributed by atoms with Crippen molar-refractivity contribution in [3.8, 4) is 0 Å². The van der Waals surface area contributed by atoms with Gasteiger partial charge in [0.1, 0.15) is 0 Å². The van der Waals surface area contributed by atoms with Crippen LogP contribution in [-0.4, -0.2) is 49.3 Å². The van der Waals surface area contributed by atoms with Gasteiger partial charge in [0, 0.05) is 18.6 Å². The number of hydrogen-bond donors (Lipinski definition) is 1. The summed E-state index contributed by atoms with van der Waals surface area (Å²) in [5, 5.41) is 3.48. The van der Waals surface area contributed by atoms with Crippen molar-refractivity contribution in [2.24, 2.45) is 5.92 Å². The Morgan fingerprint density at radius 1 is 0.950 bits per heavy atom. The third-order valence-electron chi connectivity index (χ3n) is 3.60. The van der Waals surface area contributed by atoms with Gasteiger partial charge in [0.2, 0.25) is 0 Å². The Hall–Kier alpha value is -0.120. The van der Waals surface area contributed by atoms with Crippen molar-refractivity contribution >= 4 is 0 Å². The lowest BCUT2D eigenvalue weighted by atomic mass is 10.2. The molecular formula is C17H38N2O. The van der Waals surface area contributed by atoms with Crippen molar-refractivity contribution in [2.75, 3.05) is 26.2 Å². The number of nitrogens with zero attached hydrogens (tertiary/aromatic N) is 1. The van der Waals surface area contributed by atoms with Crippen LogP contribution in [0.5, 0.6) is 0 Å². The third-order valence-corrected chi connectivity index (χ3v) is 3.60. The summed E-state index contributed by atoms with van der Waals surface area (Å²) in [6.07, 6.45) is 2.72. The second kappa shape index (κ2) is 11.5. The van der Waals surface area contributed by atoms with Gasteiger partial charge < -0.3 is 10.1 Å².